The van der Waals surface area contributed by atoms with E-state index in [1.807, 2.05) is 0 Å². The van der Waals surface area contributed by atoms with Crippen LogP contribution in [-0.2, 0) is 0 Å². The van der Waals surface area contributed by atoms with Gasteiger partial charge in [0.15, 0.2) is 5.82 Å². The molecule has 0 unspecified atom stereocenters. The molecule has 84 valence electrons. The van der Waals surface area contributed by atoms with Gasteiger partial charge in [0.1, 0.15) is 5.75 Å². The van der Waals surface area contributed by atoms with Crippen molar-refractivity contribution in [1.29, 1.82) is 0 Å². The lowest BCUT2D eigenvalue weighted by molar-refractivity contribution is 0.0564. The van der Waals surface area contributed by atoms with Crippen LogP contribution in [0.1, 0.15) is 12.1 Å². The molecule has 5 nitrogen and oxygen atoms in total. The minimum atomic E-state index is -2.79. The number of alkyl halides is 2. The number of nitrogens with zero attached hydrogens (tertiary/aromatic N) is 4. The van der Waals surface area contributed by atoms with Crippen molar-refractivity contribution >= 4 is 0 Å². The molecule has 16 heavy (non-hydrogen) atoms. The Hall–Kier alpha value is -2.05. The summed E-state index contributed by atoms with van der Waals surface area (Å²) in [5.41, 5.74) is 1.00. The first-order valence-electron chi connectivity index (χ1n) is 4.45. The molecule has 0 fully saturated rings. The number of phenols is 1. The van der Waals surface area contributed by atoms with Gasteiger partial charge in [-0.1, -0.05) is 0 Å². The van der Waals surface area contributed by atoms with Crippen molar-refractivity contribution in [3.63, 3.8) is 0 Å². The SMILES string of the molecule is Cc1cc(-c2nnnn2C(F)F)ccc1O. The van der Waals surface area contributed by atoms with E-state index in [9.17, 15) is 13.9 Å². The lowest BCUT2D eigenvalue weighted by Gasteiger charge is -2.04. The highest BCUT2D eigenvalue weighted by Gasteiger charge is 2.16. The number of benzene rings is 1. The van der Waals surface area contributed by atoms with Crippen LogP contribution in [0.25, 0.3) is 11.4 Å². The van der Waals surface area contributed by atoms with E-state index in [4.69, 9.17) is 0 Å². The van der Waals surface area contributed by atoms with E-state index in [-0.39, 0.29) is 11.6 Å². The fourth-order valence-electron chi connectivity index (χ4n) is 1.31. The molecular formula is C9H8F2N4O. The van der Waals surface area contributed by atoms with Crippen LogP contribution in [0, 0.1) is 6.92 Å². The lowest BCUT2D eigenvalue weighted by Crippen LogP contribution is -2.03. The fourth-order valence-corrected chi connectivity index (χ4v) is 1.31. The molecule has 1 heterocycles. The second-order valence-electron chi connectivity index (χ2n) is 3.23. The van der Waals surface area contributed by atoms with Crippen LogP contribution >= 0.6 is 0 Å². The molecule has 0 bridgehead atoms. The number of aromatic hydroxyl groups is 1. The van der Waals surface area contributed by atoms with Gasteiger partial charge in [-0.2, -0.15) is 13.5 Å². The van der Waals surface area contributed by atoms with Crippen molar-refractivity contribution < 1.29 is 13.9 Å². The van der Waals surface area contributed by atoms with Crippen LogP contribution in [0.15, 0.2) is 18.2 Å². The Bertz CT molecular complexity index is 512. The molecule has 0 atom stereocenters. The van der Waals surface area contributed by atoms with Crippen LogP contribution in [0.5, 0.6) is 5.75 Å². The largest absolute Gasteiger partial charge is 0.508 e. The Kier molecular flexibility index (Phi) is 2.51. The molecule has 1 aromatic carbocycles. The molecule has 0 aliphatic rings. The van der Waals surface area contributed by atoms with Crippen LogP contribution < -0.4 is 0 Å². The van der Waals surface area contributed by atoms with Gasteiger partial charge in [-0.25, -0.2) is 0 Å². The molecule has 1 aromatic heterocycles. The molecular weight excluding hydrogens is 218 g/mol. The van der Waals surface area contributed by atoms with Crippen LogP contribution in [0.2, 0.25) is 0 Å². The first kappa shape index (κ1) is 10.5. The van der Waals surface area contributed by atoms with Gasteiger partial charge in [-0.05, 0) is 41.1 Å². The number of halogens is 2. The van der Waals surface area contributed by atoms with Gasteiger partial charge in [-0.3, -0.25) is 0 Å². The zero-order chi connectivity index (χ0) is 11.7. The number of hydrogen-bond acceptors (Lipinski definition) is 4. The van der Waals surface area contributed by atoms with E-state index in [0.29, 0.717) is 15.8 Å². The summed E-state index contributed by atoms with van der Waals surface area (Å²) in [7, 11) is 0. The summed E-state index contributed by atoms with van der Waals surface area (Å²) in [6, 6.07) is 4.43. The molecule has 2 aromatic rings. The second kappa shape index (κ2) is 3.84. The van der Waals surface area contributed by atoms with Gasteiger partial charge in [0, 0.05) is 5.56 Å². The summed E-state index contributed by atoms with van der Waals surface area (Å²) in [5.74, 6) is 0.0675. The second-order valence-corrected chi connectivity index (χ2v) is 3.23. The minimum absolute atomic E-state index is 0.0295. The van der Waals surface area contributed by atoms with E-state index < -0.39 is 6.55 Å². The Balaban J connectivity index is 2.50. The summed E-state index contributed by atoms with van der Waals surface area (Å²) < 4.78 is 25.4. The minimum Gasteiger partial charge on any atom is -0.508 e. The molecule has 7 heteroatoms. The lowest BCUT2D eigenvalue weighted by atomic mass is 10.1. The first-order valence-corrected chi connectivity index (χ1v) is 4.45. The topological polar surface area (TPSA) is 63.8 Å². The number of rotatable bonds is 2. The van der Waals surface area contributed by atoms with Gasteiger partial charge >= 0.3 is 6.55 Å². The highest BCUT2D eigenvalue weighted by atomic mass is 19.3. The van der Waals surface area contributed by atoms with Crippen LogP contribution in [0.4, 0.5) is 8.78 Å². The van der Waals surface area contributed by atoms with Crippen molar-refractivity contribution in [3.05, 3.63) is 23.8 Å². The van der Waals surface area contributed by atoms with E-state index in [1.165, 1.54) is 12.1 Å². The van der Waals surface area contributed by atoms with E-state index in [0.717, 1.165) is 0 Å². The number of tetrazole rings is 1. The predicted octanol–water partition coefficient (Wildman–Crippen LogP) is 1.75. The number of aromatic nitrogens is 4. The summed E-state index contributed by atoms with van der Waals surface area (Å²) >= 11 is 0. The Morgan fingerprint density at radius 1 is 1.38 bits per heavy atom. The highest BCUT2D eigenvalue weighted by Crippen LogP contribution is 2.25. The van der Waals surface area contributed by atoms with Crippen molar-refractivity contribution in [2.75, 3.05) is 0 Å². The summed E-state index contributed by atoms with van der Waals surface area (Å²) in [6.07, 6.45) is 0. The Morgan fingerprint density at radius 2 is 2.12 bits per heavy atom. The smallest absolute Gasteiger partial charge is 0.336 e. The average Bonchev–Trinajstić information content (AvgIpc) is 2.71. The third-order valence-corrected chi connectivity index (χ3v) is 2.13. The van der Waals surface area contributed by atoms with Crippen LogP contribution in [-0.4, -0.2) is 25.3 Å². The van der Waals surface area contributed by atoms with Gasteiger partial charge < -0.3 is 5.11 Å². The number of hydrogen-bond donors (Lipinski definition) is 1. The van der Waals surface area contributed by atoms with E-state index in [1.54, 1.807) is 13.0 Å². The molecule has 0 radical (unpaired) electrons. The average molecular weight is 226 g/mol. The van der Waals surface area contributed by atoms with Crippen LogP contribution in [0.3, 0.4) is 0 Å². The molecule has 1 N–H and O–H groups in total. The number of phenolic OH excluding ortho intramolecular Hbond substituents is 1. The van der Waals surface area contributed by atoms with Gasteiger partial charge in [0.25, 0.3) is 0 Å². The fraction of sp³-hybridized carbons (Fsp3) is 0.222. The first-order chi connectivity index (χ1) is 7.59. The van der Waals surface area contributed by atoms with Gasteiger partial charge in [0.2, 0.25) is 0 Å². The molecule has 0 amide bonds. The molecule has 0 aliphatic carbocycles. The Morgan fingerprint density at radius 3 is 2.75 bits per heavy atom. The van der Waals surface area contributed by atoms with Crippen molar-refractivity contribution in [2.24, 2.45) is 0 Å². The third-order valence-electron chi connectivity index (χ3n) is 2.13. The summed E-state index contributed by atoms with van der Waals surface area (Å²) in [4.78, 5) is 0. The van der Waals surface area contributed by atoms with Gasteiger partial charge in [-0.15, -0.1) is 5.10 Å². The van der Waals surface area contributed by atoms with Crippen molar-refractivity contribution in [2.45, 2.75) is 13.5 Å². The third kappa shape index (κ3) is 1.71. The maximum absolute atomic E-state index is 12.5. The van der Waals surface area contributed by atoms with Gasteiger partial charge in [0.05, 0.1) is 0 Å². The maximum atomic E-state index is 12.5. The molecule has 0 saturated heterocycles. The van der Waals surface area contributed by atoms with Crippen molar-refractivity contribution in [3.8, 4) is 17.1 Å². The quantitative estimate of drug-likeness (QED) is 0.847. The highest BCUT2D eigenvalue weighted by molar-refractivity contribution is 5.58. The zero-order valence-corrected chi connectivity index (χ0v) is 8.30. The molecule has 0 spiro atoms. The summed E-state index contributed by atoms with van der Waals surface area (Å²) in [5, 5.41) is 19.2. The Labute approximate surface area is 89.3 Å². The number of aryl methyl sites for hydroxylation is 1. The maximum Gasteiger partial charge on any atom is 0.336 e. The summed E-state index contributed by atoms with van der Waals surface area (Å²) in [6.45, 7) is -1.13. The van der Waals surface area contributed by atoms with E-state index in [2.05, 4.69) is 15.5 Å². The van der Waals surface area contributed by atoms with E-state index >= 15 is 0 Å². The van der Waals surface area contributed by atoms with Crippen molar-refractivity contribution in [1.82, 2.24) is 20.2 Å². The zero-order valence-electron chi connectivity index (χ0n) is 8.30. The molecule has 2 rings (SSSR count). The normalized spacial score (nSPS) is 11.0. The molecule has 0 saturated carbocycles. The predicted molar refractivity (Wildman–Crippen MR) is 50.9 cm³/mol. The monoisotopic (exact) mass is 226 g/mol. The molecule has 0 aliphatic heterocycles. The standard InChI is InChI=1S/C9H8F2N4O/c1-5-4-6(2-3-7(5)16)8-12-13-14-15(8)9(10)11/h2-4,9,16H,1H3.